The summed E-state index contributed by atoms with van der Waals surface area (Å²) in [7, 11) is 0. The molecular weight excluding hydrogens is 390 g/mol. The molecule has 0 bridgehead atoms. The van der Waals surface area contributed by atoms with Crippen molar-refractivity contribution in [3.63, 3.8) is 0 Å². The number of benzene rings is 2. The van der Waals surface area contributed by atoms with Crippen LogP contribution in [-0.4, -0.2) is 23.5 Å². The Balaban J connectivity index is 1.73. The third-order valence-electron chi connectivity index (χ3n) is 4.57. The Labute approximate surface area is 174 Å². The van der Waals surface area contributed by atoms with E-state index in [1.165, 1.54) is 0 Å². The van der Waals surface area contributed by atoms with Crippen LogP contribution in [0.3, 0.4) is 0 Å². The van der Waals surface area contributed by atoms with Crippen LogP contribution in [0.5, 0.6) is 0 Å². The molecule has 150 valence electrons. The molecule has 2 amide bonds. The number of halogens is 1. The number of amides is 2. The highest BCUT2D eigenvalue weighted by Crippen LogP contribution is 2.30. The molecule has 1 aromatic heterocycles. The number of nitrogens with zero attached hydrogens (tertiary/aromatic N) is 1. The number of hydrogen-bond acceptors (Lipinski definition) is 4. The van der Waals surface area contributed by atoms with Crippen molar-refractivity contribution in [3.05, 3.63) is 69.4 Å². The number of carbonyl (C=O) groups excluding carboxylic acids is 2. The van der Waals surface area contributed by atoms with Gasteiger partial charge in [0.25, 0.3) is 5.91 Å². The Kier molecular flexibility index (Phi) is 6.03. The molecule has 2 aromatic carbocycles. The molecule has 0 saturated heterocycles. The molecule has 0 aliphatic rings. The quantitative estimate of drug-likeness (QED) is 0.642. The second-order valence-corrected chi connectivity index (χ2v) is 7.35. The summed E-state index contributed by atoms with van der Waals surface area (Å²) in [5.74, 6) is -0.420. The zero-order chi connectivity index (χ0) is 21.1. The van der Waals surface area contributed by atoms with Crippen LogP contribution in [0.25, 0.3) is 11.3 Å². The molecule has 2 N–H and O–H groups in total. The minimum atomic E-state index is -0.453. The Bertz CT molecular complexity index is 1070. The molecule has 0 aliphatic carbocycles. The number of aromatic nitrogens is 1. The number of rotatable bonds is 5. The Morgan fingerprint density at radius 3 is 2.38 bits per heavy atom. The first kappa shape index (κ1) is 20.6. The highest BCUT2D eigenvalue weighted by atomic mass is 35.5. The van der Waals surface area contributed by atoms with Crippen LogP contribution in [0, 0.1) is 27.7 Å². The highest BCUT2D eigenvalue weighted by molar-refractivity contribution is 6.33. The zero-order valence-corrected chi connectivity index (χ0v) is 17.5. The minimum absolute atomic E-state index is 0.182. The van der Waals surface area contributed by atoms with Crippen LogP contribution >= 0.6 is 11.6 Å². The summed E-state index contributed by atoms with van der Waals surface area (Å²) >= 11 is 6.23. The lowest BCUT2D eigenvalue weighted by atomic mass is 10.0. The monoisotopic (exact) mass is 411 g/mol. The molecular formula is C22H22ClN3O3. The molecule has 0 spiro atoms. The van der Waals surface area contributed by atoms with Crippen LogP contribution in [-0.2, 0) is 4.79 Å². The van der Waals surface area contributed by atoms with E-state index in [2.05, 4.69) is 15.8 Å². The lowest BCUT2D eigenvalue weighted by Gasteiger charge is -2.13. The molecule has 1 heterocycles. The first-order valence-electron chi connectivity index (χ1n) is 9.15. The minimum Gasteiger partial charge on any atom is -0.360 e. The molecule has 6 nitrogen and oxygen atoms in total. The van der Waals surface area contributed by atoms with Crippen molar-refractivity contribution in [2.75, 3.05) is 11.9 Å². The van der Waals surface area contributed by atoms with E-state index in [0.717, 1.165) is 22.4 Å². The molecule has 0 fully saturated rings. The Morgan fingerprint density at radius 2 is 1.72 bits per heavy atom. The van der Waals surface area contributed by atoms with Crippen molar-refractivity contribution in [1.29, 1.82) is 0 Å². The van der Waals surface area contributed by atoms with Gasteiger partial charge < -0.3 is 15.2 Å². The summed E-state index contributed by atoms with van der Waals surface area (Å²) in [4.78, 5) is 25.1. The van der Waals surface area contributed by atoms with Gasteiger partial charge in [0.2, 0.25) is 5.91 Å². The van der Waals surface area contributed by atoms with E-state index in [1.54, 1.807) is 31.2 Å². The average Bonchev–Trinajstić information content (AvgIpc) is 3.04. The summed E-state index contributed by atoms with van der Waals surface area (Å²) < 4.78 is 5.20. The average molecular weight is 412 g/mol. The maximum absolute atomic E-state index is 12.7. The van der Waals surface area contributed by atoms with Crippen molar-refractivity contribution >= 4 is 29.1 Å². The lowest BCUT2D eigenvalue weighted by molar-refractivity contribution is -0.115. The van der Waals surface area contributed by atoms with Gasteiger partial charge in [-0.25, -0.2) is 0 Å². The van der Waals surface area contributed by atoms with Gasteiger partial charge in [0.1, 0.15) is 17.0 Å². The van der Waals surface area contributed by atoms with E-state index in [-0.39, 0.29) is 18.0 Å². The van der Waals surface area contributed by atoms with Crippen LogP contribution < -0.4 is 10.6 Å². The Hall–Kier alpha value is -3.12. The molecule has 0 atom stereocenters. The molecule has 0 unspecified atom stereocenters. The molecule has 0 saturated carbocycles. The number of hydrogen-bond donors (Lipinski definition) is 2. The van der Waals surface area contributed by atoms with Crippen molar-refractivity contribution in [1.82, 2.24) is 10.5 Å². The third-order valence-corrected chi connectivity index (χ3v) is 4.90. The molecule has 3 rings (SSSR count). The second-order valence-electron chi connectivity index (χ2n) is 6.95. The maximum Gasteiger partial charge on any atom is 0.257 e. The summed E-state index contributed by atoms with van der Waals surface area (Å²) in [6, 6.07) is 11.0. The smallest absolute Gasteiger partial charge is 0.257 e. The van der Waals surface area contributed by atoms with Crippen molar-refractivity contribution in [2.45, 2.75) is 27.7 Å². The second kappa shape index (κ2) is 8.49. The molecule has 29 heavy (non-hydrogen) atoms. The van der Waals surface area contributed by atoms with E-state index < -0.39 is 5.91 Å². The van der Waals surface area contributed by atoms with Gasteiger partial charge in [-0.15, -0.1) is 0 Å². The first-order chi connectivity index (χ1) is 13.8. The van der Waals surface area contributed by atoms with Gasteiger partial charge in [0, 0.05) is 11.3 Å². The summed E-state index contributed by atoms with van der Waals surface area (Å²) in [5.41, 5.74) is 5.02. The molecule has 0 aliphatic heterocycles. The topological polar surface area (TPSA) is 84.2 Å². The number of carbonyl (C=O) groups is 2. The van der Waals surface area contributed by atoms with E-state index in [9.17, 15) is 9.59 Å². The van der Waals surface area contributed by atoms with Gasteiger partial charge in [0.05, 0.1) is 11.6 Å². The summed E-state index contributed by atoms with van der Waals surface area (Å²) in [6.45, 7) is 7.33. The number of anilines is 1. The molecule has 7 heteroatoms. The largest absolute Gasteiger partial charge is 0.360 e. The number of nitrogens with one attached hydrogen (secondary N) is 2. The van der Waals surface area contributed by atoms with E-state index in [1.807, 2.05) is 32.9 Å². The van der Waals surface area contributed by atoms with Crippen LogP contribution in [0.1, 0.15) is 32.8 Å². The lowest BCUT2D eigenvalue weighted by Crippen LogP contribution is -2.33. The fourth-order valence-corrected chi connectivity index (χ4v) is 3.51. The fourth-order valence-electron chi connectivity index (χ4n) is 3.29. The van der Waals surface area contributed by atoms with E-state index in [0.29, 0.717) is 22.0 Å². The van der Waals surface area contributed by atoms with E-state index in [4.69, 9.17) is 16.1 Å². The van der Waals surface area contributed by atoms with Crippen LogP contribution in [0.2, 0.25) is 5.02 Å². The van der Waals surface area contributed by atoms with Crippen molar-refractivity contribution in [2.24, 2.45) is 0 Å². The van der Waals surface area contributed by atoms with Gasteiger partial charge in [-0.05, 0) is 44.9 Å². The van der Waals surface area contributed by atoms with Gasteiger partial charge in [0.15, 0.2) is 0 Å². The van der Waals surface area contributed by atoms with E-state index >= 15 is 0 Å². The van der Waals surface area contributed by atoms with Crippen LogP contribution in [0.4, 0.5) is 5.69 Å². The SMILES string of the molecule is Cc1cc(C)c(NC(=O)CNC(=O)c2c(-c3ccccc3Cl)noc2C)c(C)c1. The molecule has 3 aromatic rings. The normalized spacial score (nSPS) is 10.7. The maximum atomic E-state index is 12.7. The first-order valence-corrected chi connectivity index (χ1v) is 9.52. The van der Waals surface area contributed by atoms with Gasteiger partial charge in [-0.2, -0.15) is 0 Å². The van der Waals surface area contributed by atoms with Crippen LogP contribution in [0.15, 0.2) is 40.9 Å². The third kappa shape index (κ3) is 4.49. The van der Waals surface area contributed by atoms with Crippen molar-refractivity contribution < 1.29 is 14.1 Å². The predicted octanol–water partition coefficient (Wildman–Crippen LogP) is 4.60. The number of aryl methyl sites for hydroxylation is 4. The summed E-state index contributed by atoms with van der Waals surface area (Å²) in [6.07, 6.45) is 0. The standard InChI is InChI=1S/C22H22ClN3O3/c1-12-9-13(2)20(14(3)10-12)25-18(27)11-24-22(28)19-15(4)29-26-21(19)16-7-5-6-8-17(16)23/h5-10H,11H2,1-4H3,(H,24,28)(H,25,27). The fraction of sp³-hybridized carbons (Fsp3) is 0.227. The van der Waals surface area contributed by atoms with Gasteiger partial charge >= 0.3 is 0 Å². The molecule has 0 radical (unpaired) electrons. The summed E-state index contributed by atoms with van der Waals surface area (Å²) in [5, 5.41) is 9.92. The highest BCUT2D eigenvalue weighted by Gasteiger charge is 2.23. The van der Waals surface area contributed by atoms with Gasteiger partial charge in [-0.3, -0.25) is 9.59 Å². The van der Waals surface area contributed by atoms with Gasteiger partial charge in [-0.1, -0.05) is 52.7 Å². The van der Waals surface area contributed by atoms with Crippen molar-refractivity contribution in [3.8, 4) is 11.3 Å². The Morgan fingerprint density at radius 1 is 1.07 bits per heavy atom. The predicted molar refractivity (Wildman–Crippen MR) is 113 cm³/mol. The zero-order valence-electron chi connectivity index (χ0n) is 16.7.